The van der Waals surface area contributed by atoms with Crippen molar-refractivity contribution in [2.45, 2.75) is 32.8 Å². The predicted molar refractivity (Wildman–Crippen MR) is 97.7 cm³/mol. The molecule has 1 saturated carbocycles. The topological polar surface area (TPSA) is 67.4 Å². The third-order valence-electron chi connectivity index (χ3n) is 4.22. The smallest absolute Gasteiger partial charge is 0.265 e. The molecule has 130 valence electrons. The molecule has 5 heteroatoms. The van der Waals surface area contributed by atoms with Gasteiger partial charge in [-0.25, -0.2) is 0 Å². The van der Waals surface area contributed by atoms with E-state index in [4.69, 9.17) is 4.74 Å². The maximum Gasteiger partial charge on any atom is 0.265 e. The highest BCUT2D eigenvalue weighted by molar-refractivity contribution is 5.98. The standard InChI is InChI=1S/C20H22N2O3/c1-13-17(9-6-10-18(13)22-20(24)15-11-12-15)21-19(23)14(2)25-16-7-4-3-5-8-16/h3-10,14-15H,11-12H2,1-2H3,(H,21,23)(H,22,24). The largest absolute Gasteiger partial charge is 0.481 e. The molecule has 1 aliphatic carbocycles. The van der Waals surface area contributed by atoms with Gasteiger partial charge in [-0.2, -0.15) is 0 Å². The Morgan fingerprint density at radius 2 is 1.64 bits per heavy atom. The molecular weight excluding hydrogens is 316 g/mol. The molecule has 0 spiro atoms. The number of rotatable bonds is 6. The van der Waals surface area contributed by atoms with E-state index in [1.807, 2.05) is 55.5 Å². The molecule has 1 unspecified atom stereocenters. The van der Waals surface area contributed by atoms with Crippen molar-refractivity contribution in [3.05, 3.63) is 54.1 Å². The lowest BCUT2D eigenvalue weighted by molar-refractivity contribution is -0.122. The van der Waals surface area contributed by atoms with Crippen LogP contribution in [0.25, 0.3) is 0 Å². The van der Waals surface area contributed by atoms with Gasteiger partial charge in [0.05, 0.1) is 0 Å². The molecule has 25 heavy (non-hydrogen) atoms. The summed E-state index contributed by atoms with van der Waals surface area (Å²) in [6.07, 6.45) is 1.28. The third kappa shape index (κ3) is 4.38. The van der Waals surface area contributed by atoms with Crippen molar-refractivity contribution in [3.8, 4) is 5.75 Å². The van der Waals surface area contributed by atoms with E-state index in [2.05, 4.69) is 10.6 Å². The second-order valence-electron chi connectivity index (χ2n) is 6.30. The van der Waals surface area contributed by atoms with Gasteiger partial charge in [-0.15, -0.1) is 0 Å². The minimum atomic E-state index is -0.633. The molecule has 3 rings (SSSR count). The van der Waals surface area contributed by atoms with Crippen molar-refractivity contribution in [3.63, 3.8) is 0 Å². The molecule has 2 N–H and O–H groups in total. The summed E-state index contributed by atoms with van der Waals surface area (Å²) in [5, 5.41) is 5.81. The highest BCUT2D eigenvalue weighted by atomic mass is 16.5. The average molecular weight is 338 g/mol. The van der Waals surface area contributed by atoms with Gasteiger partial charge in [-0.1, -0.05) is 24.3 Å². The van der Waals surface area contributed by atoms with Gasteiger partial charge in [-0.05, 0) is 56.5 Å². The summed E-state index contributed by atoms with van der Waals surface area (Å²) in [7, 11) is 0. The van der Waals surface area contributed by atoms with Crippen LogP contribution in [0.3, 0.4) is 0 Å². The van der Waals surface area contributed by atoms with Crippen LogP contribution in [0.4, 0.5) is 11.4 Å². The SMILES string of the molecule is Cc1c(NC(=O)C2CC2)cccc1NC(=O)C(C)Oc1ccccc1. The number of para-hydroxylation sites is 1. The van der Waals surface area contributed by atoms with Crippen LogP contribution < -0.4 is 15.4 Å². The van der Waals surface area contributed by atoms with Crippen LogP contribution in [-0.2, 0) is 9.59 Å². The number of carbonyl (C=O) groups excluding carboxylic acids is 2. The molecule has 2 amide bonds. The molecule has 5 nitrogen and oxygen atoms in total. The van der Waals surface area contributed by atoms with Crippen LogP contribution in [0.1, 0.15) is 25.3 Å². The summed E-state index contributed by atoms with van der Waals surface area (Å²) in [6, 6.07) is 14.7. The van der Waals surface area contributed by atoms with Crippen LogP contribution >= 0.6 is 0 Å². The van der Waals surface area contributed by atoms with Crippen molar-refractivity contribution in [1.82, 2.24) is 0 Å². The summed E-state index contributed by atoms with van der Waals surface area (Å²) in [6.45, 7) is 3.58. The second kappa shape index (κ2) is 7.38. The van der Waals surface area contributed by atoms with E-state index in [-0.39, 0.29) is 17.7 Å². The van der Waals surface area contributed by atoms with Gasteiger partial charge in [0.1, 0.15) is 5.75 Å². The Hall–Kier alpha value is -2.82. The zero-order valence-electron chi connectivity index (χ0n) is 14.4. The summed E-state index contributed by atoms with van der Waals surface area (Å²) < 4.78 is 5.64. The summed E-state index contributed by atoms with van der Waals surface area (Å²) >= 11 is 0. The van der Waals surface area contributed by atoms with E-state index in [0.717, 1.165) is 24.1 Å². The van der Waals surface area contributed by atoms with Crippen LogP contribution in [0.15, 0.2) is 48.5 Å². The number of amides is 2. The zero-order chi connectivity index (χ0) is 17.8. The zero-order valence-corrected chi connectivity index (χ0v) is 14.4. The molecule has 0 radical (unpaired) electrons. The van der Waals surface area contributed by atoms with E-state index in [0.29, 0.717) is 11.4 Å². The van der Waals surface area contributed by atoms with Gasteiger partial charge in [0.2, 0.25) is 5.91 Å². The molecular formula is C20H22N2O3. The fraction of sp³-hybridized carbons (Fsp3) is 0.300. The van der Waals surface area contributed by atoms with Gasteiger partial charge in [0.25, 0.3) is 5.91 Å². The number of ether oxygens (including phenoxy) is 1. The van der Waals surface area contributed by atoms with E-state index >= 15 is 0 Å². The molecule has 0 saturated heterocycles. The molecule has 0 aliphatic heterocycles. The van der Waals surface area contributed by atoms with Crippen LogP contribution in [0, 0.1) is 12.8 Å². The normalized spacial score (nSPS) is 14.5. The number of hydrogen-bond acceptors (Lipinski definition) is 3. The van der Waals surface area contributed by atoms with Gasteiger partial charge in [0, 0.05) is 17.3 Å². The van der Waals surface area contributed by atoms with Crippen molar-refractivity contribution in [1.29, 1.82) is 0 Å². The lowest BCUT2D eigenvalue weighted by Crippen LogP contribution is -2.30. The van der Waals surface area contributed by atoms with E-state index in [1.165, 1.54) is 0 Å². The first-order chi connectivity index (χ1) is 12.0. The lowest BCUT2D eigenvalue weighted by atomic mass is 10.1. The fourth-order valence-electron chi connectivity index (χ4n) is 2.48. The fourth-order valence-corrected chi connectivity index (χ4v) is 2.48. The quantitative estimate of drug-likeness (QED) is 0.843. The third-order valence-corrected chi connectivity index (χ3v) is 4.22. The highest BCUT2D eigenvalue weighted by Gasteiger charge is 2.30. The van der Waals surface area contributed by atoms with Crippen molar-refractivity contribution in [2.24, 2.45) is 5.92 Å². The van der Waals surface area contributed by atoms with E-state index in [9.17, 15) is 9.59 Å². The maximum atomic E-state index is 12.4. The number of carbonyl (C=O) groups is 2. The number of nitrogens with one attached hydrogen (secondary N) is 2. The molecule has 1 aliphatic rings. The molecule has 1 fully saturated rings. The van der Waals surface area contributed by atoms with Crippen molar-refractivity contribution in [2.75, 3.05) is 10.6 Å². The Bertz CT molecular complexity index is 770. The lowest BCUT2D eigenvalue weighted by Gasteiger charge is -2.17. The van der Waals surface area contributed by atoms with Crippen LogP contribution in [0.5, 0.6) is 5.75 Å². The minimum Gasteiger partial charge on any atom is -0.481 e. The first-order valence-corrected chi connectivity index (χ1v) is 8.47. The second-order valence-corrected chi connectivity index (χ2v) is 6.30. The molecule has 0 heterocycles. The average Bonchev–Trinajstić information content (AvgIpc) is 3.44. The molecule has 2 aromatic carbocycles. The first kappa shape index (κ1) is 17.0. The number of hydrogen-bond donors (Lipinski definition) is 2. The van der Waals surface area contributed by atoms with Gasteiger partial charge in [-0.3, -0.25) is 9.59 Å². The first-order valence-electron chi connectivity index (χ1n) is 8.47. The Morgan fingerprint density at radius 1 is 1.00 bits per heavy atom. The van der Waals surface area contributed by atoms with Crippen LogP contribution in [0.2, 0.25) is 0 Å². The van der Waals surface area contributed by atoms with Crippen molar-refractivity contribution < 1.29 is 14.3 Å². The van der Waals surface area contributed by atoms with Gasteiger partial charge in [0.15, 0.2) is 6.10 Å². The Kier molecular flexibility index (Phi) is 5.03. The number of benzene rings is 2. The van der Waals surface area contributed by atoms with Crippen molar-refractivity contribution >= 4 is 23.2 Å². The molecule has 2 aromatic rings. The van der Waals surface area contributed by atoms with E-state index < -0.39 is 6.10 Å². The summed E-state index contributed by atoms with van der Waals surface area (Å²) in [5.74, 6) is 0.592. The van der Waals surface area contributed by atoms with Gasteiger partial charge >= 0.3 is 0 Å². The predicted octanol–water partition coefficient (Wildman–Crippen LogP) is 3.75. The molecule has 0 aromatic heterocycles. The summed E-state index contributed by atoms with van der Waals surface area (Å²) in [4.78, 5) is 24.4. The van der Waals surface area contributed by atoms with Crippen LogP contribution in [-0.4, -0.2) is 17.9 Å². The minimum absolute atomic E-state index is 0.0485. The van der Waals surface area contributed by atoms with E-state index in [1.54, 1.807) is 6.92 Å². The Morgan fingerprint density at radius 3 is 2.28 bits per heavy atom. The summed E-state index contributed by atoms with van der Waals surface area (Å²) in [5.41, 5.74) is 2.23. The number of anilines is 2. The molecule has 0 bridgehead atoms. The molecule has 1 atom stereocenters. The monoisotopic (exact) mass is 338 g/mol. The Balaban J connectivity index is 1.65. The van der Waals surface area contributed by atoms with Gasteiger partial charge < -0.3 is 15.4 Å². The maximum absolute atomic E-state index is 12.4. The highest BCUT2D eigenvalue weighted by Crippen LogP contribution is 2.31. The Labute approximate surface area is 147 Å².